The van der Waals surface area contributed by atoms with Gasteiger partial charge in [-0.15, -0.1) is 11.8 Å². The fourth-order valence-electron chi connectivity index (χ4n) is 3.86. The van der Waals surface area contributed by atoms with E-state index in [9.17, 15) is 24.5 Å². The molecule has 0 aliphatic rings. The molecule has 0 fully saturated rings. The molecule has 0 saturated heterocycles. The van der Waals surface area contributed by atoms with Crippen LogP contribution in [-0.2, 0) is 9.59 Å². The minimum absolute atomic E-state index is 0.152. The molecule has 0 heterocycles. The molecular weight excluding hydrogens is 552 g/mol. The first-order chi connectivity index (χ1) is 20.2. The molecule has 0 aromatic heterocycles. The van der Waals surface area contributed by atoms with Crippen molar-refractivity contribution in [1.82, 2.24) is 5.32 Å². The third-order valence-electron chi connectivity index (χ3n) is 6.06. The molecule has 3 amide bonds. The number of para-hydroxylation sites is 1. The first-order valence-corrected chi connectivity index (χ1v) is 13.8. The Bertz CT molecular complexity index is 1640. The molecule has 0 bridgehead atoms. The van der Waals surface area contributed by atoms with Gasteiger partial charge >= 0.3 is 0 Å². The quantitative estimate of drug-likeness (QED) is 0.0857. The minimum atomic E-state index is -0.676. The van der Waals surface area contributed by atoms with Crippen LogP contribution in [0.5, 0.6) is 0 Å². The lowest BCUT2D eigenvalue weighted by Gasteiger charge is -2.14. The molecule has 4 rings (SSSR count). The van der Waals surface area contributed by atoms with Crippen LogP contribution in [0.3, 0.4) is 0 Å². The predicted octanol–water partition coefficient (Wildman–Crippen LogP) is 6.43. The van der Waals surface area contributed by atoms with Crippen LogP contribution < -0.4 is 16.0 Å². The van der Waals surface area contributed by atoms with Crippen molar-refractivity contribution in [3.8, 4) is 0 Å². The summed E-state index contributed by atoms with van der Waals surface area (Å²) in [5, 5.41) is 19.3. The summed E-state index contributed by atoms with van der Waals surface area (Å²) in [6, 6.07) is 28.7. The van der Waals surface area contributed by atoms with Crippen LogP contribution >= 0.6 is 11.8 Å². The van der Waals surface area contributed by atoms with Crippen molar-refractivity contribution in [2.45, 2.75) is 24.0 Å². The number of thioether (sulfide) groups is 1. The SMILES string of the molecule is Cc1ccc(NC(=O)C(C)Sc2cccc(NC(=O)/C(=C\c3ccccc3[N+](=O)[O-])NC(=O)c3ccccc3)c2)cc1. The van der Waals surface area contributed by atoms with Gasteiger partial charge in [-0.05, 0) is 68.5 Å². The highest BCUT2D eigenvalue weighted by molar-refractivity contribution is 8.00. The summed E-state index contributed by atoms with van der Waals surface area (Å²) >= 11 is 1.32. The number of nitrogens with zero attached hydrogens (tertiary/aromatic N) is 1. The van der Waals surface area contributed by atoms with E-state index in [1.54, 1.807) is 61.5 Å². The average Bonchev–Trinajstić information content (AvgIpc) is 2.98. The molecule has 0 aliphatic carbocycles. The maximum absolute atomic E-state index is 13.4. The van der Waals surface area contributed by atoms with Crippen molar-refractivity contribution in [2.75, 3.05) is 10.6 Å². The number of aryl methyl sites for hydroxylation is 1. The van der Waals surface area contributed by atoms with Crippen LogP contribution in [0.2, 0.25) is 0 Å². The van der Waals surface area contributed by atoms with Crippen LogP contribution in [0.1, 0.15) is 28.4 Å². The number of hydrogen-bond acceptors (Lipinski definition) is 6. The number of amides is 3. The number of nitrogens with one attached hydrogen (secondary N) is 3. The Kier molecular flexibility index (Phi) is 9.85. The summed E-state index contributed by atoms with van der Waals surface area (Å²) in [5.41, 5.74) is 2.28. The lowest BCUT2D eigenvalue weighted by molar-refractivity contribution is -0.385. The van der Waals surface area contributed by atoms with E-state index in [0.29, 0.717) is 16.9 Å². The highest BCUT2D eigenvalue weighted by Crippen LogP contribution is 2.27. The van der Waals surface area contributed by atoms with Crippen molar-refractivity contribution in [3.63, 3.8) is 0 Å². The molecule has 0 radical (unpaired) electrons. The summed E-state index contributed by atoms with van der Waals surface area (Å²) in [7, 11) is 0. The van der Waals surface area contributed by atoms with Gasteiger partial charge in [-0.25, -0.2) is 0 Å². The van der Waals surface area contributed by atoms with Gasteiger partial charge in [-0.1, -0.05) is 54.1 Å². The molecule has 9 nitrogen and oxygen atoms in total. The van der Waals surface area contributed by atoms with E-state index in [1.165, 1.54) is 36.0 Å². The fraction of sp³-hybridized carbons (Fsp3) is 0.0938. The van der Waals surface area contributed by atoms with Gasteiger partial charge in [-0.2, -0.15) is 0 Å². The Morgan fingerprint density at radius 1 is 0.833 bits per heavy atom. The largest absolute Gasteiger partial charge is 0.325 e. The Morgan fingerprint density at radius 2 is 1.52 bits per heavy atom. The number of benzene rings is 4. The zero-order chi connectivity index (χ0) is 30.1. The first kappa shape index (κ1) is 29.8. The van der Waals surface area contributed by atoms with Crippen molar-refractivity contribution in [2.24, 2.45) is 0 Å². The highest BCUT2D eigenvalue weighted by atomic mass is 32.2. The van der Waals surface area contributed by atoms with Gasteiger partial charge < -0.3 is 16.0 Å². The van der Waals surface area contributed by atoms with E-state index in [2.05, 4.69) is 16.0 Å². The lowest BCUT2D eigenvalue weighted by atomic mass is 10.1. The van der Waals surface area contributed by atoms with Crippen molar-refractivity contribution in [3.05, 3.63) is 136 Å². The number of anilines is 2. The Morgan fingerprint density at radius 3 is 2.24 bits per heavy atom. The van der Waals surface area contributed by atoms with E-state index in [4.69, 9.17) is 0 Å². The van der Waals surface area contributed by atoms with E-state index < -0.39 is 22.0 Å². The number of rotatable bonds is 10. The molecule has 4 aromatic rings. The Labute approximate surface area is 247 Å². The van der Waals surface area contributed by atoms with Gasteiger partial charge in [-0.3, -0.25) is 24.5 Å². The normalized spacial score (nSPS) is 11.7. The smallest absolute Gasteiger partial charge is 0.276 e. The van der Waals surface area contributed by atoms with E-state index in [1.807, 2.05) is 37.3 Å². The molecule has 3 N–H and O–H groups in total. The second-order valence-electron chi connectivity index (χ2n) is 9.29. The second-order valence-corrected chi connectivity index (χ2v) is 10.7. The summed E-state index contributed by atoms with van der Waals surface area (Å²) in [4.78, 5) is 50.8. The number of carbonyl (C=O) groups is 3. The van der Waals surface area contributed by atoms with Gasteiger partial charge in [0.1, 0.15) is 5.70 Å². The maximum Gasteiger partial charge on any atom is 0.276 e. The average molecular weight is 581 g/mol. The van der Waals surface area contributed by atoms with Crippen LogP contribution in [0.15, 0.2) is 114 Å². The number of nitro benzene ring substituents is 1. The van der Waals surface area contributed by atoms with Crippen LogP contribution in [0.4, 0.5) is 17.1 Å². The van der Waals surface area contributed by atoms with E-state index >= 15 is 0 Å². The third-order valence-corrected chi connectivity index (χ3v) is 7.15. The molecule has 0 spiro atoms. The third kappa shape index (κ3) is 8.15. The van der Waals surface area contributed by atoms with Gasteiger partial charge in [0.15, 0.2) is 0 Å². The number of nitro groups is 1. The van der Waals surface area contributed by atoms with Crippen molar-refractivity contribution in [1.29, 1.82) is 0 Å². The molecule has 10 heteroatoms. The molecule has 0 aliphatic heterocycles. The predicted molar refractivity (Wildman–Crippen MR) is 165 cm³/mol. The molecule has 1 atom stereocenters. The zero-order valence-electron chi connectivity index (χ0n) is 22.9. The number of hydrogen-bond donors (Lipinski definition) is 3. The Balaban J connectivity index is 1.52. The molecule has 0 saturated carbocycles. The second kappa shape index (κ2) is 13.9. The zero-order valence-corrected chi connectivity index (χ0v) is 23.7. The molecule has 42 heavy (non-hydrogen) atoms. The van der Waals surface area contributed by atoms with Crippen LogP contribution in [-0.4, -0.2) is 27.9 Å². The molecule has 4 aromatic carbocycles. The van der Waals surface area contributed by atoms with Gasteiger partial charge in [0, 0.05) is 27.9 Å². The standard InChI is InChI=1S/C32H28N4O5S/c1-21-15-17-25(18-16-21)33-30(37)22(2)42-27-13-8-12-26(20-27)34-32(39)28(35-31(38)23-9-4-3-5-10-23)19-24-11-6-7-14-29(24)36(40)41/h3-20,22H,1-2H3,(H,33,37)(H,34,39)(H,35,38)/b28-19+. The molecule has 1 unspecified atom stereocenters. The van der Waals surface area contributed by atoms with Gasteiger partial charge in [0.25, 0.3) is 17.5 Å². The van der Waals surface area contributed by atoms with Gasteiger partial charge in [0.05, 0.1) is 15.7 Å². The van der Waals surface area contributed by atoms with Crippen LogP contribution in [0.25, 0.3) is 6.08 Å². The summed E-state index contributed by atoms with van der Waals surface area (Å²) in [5.74, 6) is -1.39. The maximum atomic E-state index is 13.4. The van der Waals surface area contributed by atoms with Crippen LogP contribution in [0, 0.1) is 17.0 Å². The Hall–Kier alpha value is -5.22. The summed E-state index contributed by atoms with van der Waals surface area (Å²) in [6.07, 6.45) is 1.27. The van der Waals surface area contributed by atoms with Crippen molar-refractivity contribution >= 4 is 52.6 Å². The summed E-state index contributed by atoms with van der Waals surface area (Å²) < 4.78 is 0. The van der Waals surface area contributed by atoms with E-state index in [-0.39, 0.29) is 22.9 Å². The fourth-order valence-corrected chi connectivity index (χ4v) is 4.78. The van der Waals surface area contributed by atoms with E-state index in [0.717, 1.165) is 10.5 Å². The lowest BCUT2D eigenvalue weighted by Crippen LogP contribution is -2.30. The first-order valence-electron chi connectivity index (χ1n) is 13.0. The number of carbonyl (C=O) groups excluding carboxylic acids is 3. The minimum Gasteiger partial charge on any atom is -0.325 e. The molecule has 212 valence electrons. The molecular formula is C32H28N4O5S. The monoisotopic (exact) mass is 580 g/mol. The van der Waals surface area contributed by atoms with Crippen molar-refractivity contribution < 1.29 is 19.3 Å². The topological polar surface area (TPSA) is 130 Å². The highest BCUT2D eigenvalue weighted by Gasteiger charge is 2.19. The summed E-state index contributed by atoms with van der Waals surface area (Å²) in [6.45, 7) is 3.75. The van der Waals surface area contributed by atoms with Gasteiger partial charge in [0.2, 0.25) is 5.91 Å².